The quantitative estimate of drug-likeness (QED) is 0.467. The molecule has 3 aromatic rings. The maximum atomic E-state index is 14.1. The van der Waals surface area contributed by atoms with Crippen molar-refractivity contribution in [3.63, 3.8) is 0 Å². The van der Waals surface area contributed by atoms with Crippen LogP contribution in [0.15, 0.2) is 48.7 Å². The van der Waals surface area contributed by atoms with Crippen molar-refractivity contribution >= 4 is 23.2 Å². The number of aromatic nitrogens is 1. The van der Waals surface area contributed by atoms with Crippen molar-refractivity contribution in [3.8, 4) is 0 Å². The summed E-state index contributed by atoms with van der Waals surface area (Å²) in [5.41, 5.74) is 11.0. The van der Waals surface area contributed by atoms with Crippen molar-refractivity contribution < 1.29 is 14.4 Å². The molecule has 2 atom stereocenters. The van der Waals surface area contributed by atoms with E-state index in [0.717, 1.165) is 5.69 Å². The van der Waals surface area contributed by atoms with Crippen LogP contribution in [0.1, 0.15) is 68.4 Å². The zero-order valence-corrected chi connectivity index (χ0v) is 19.8. The van der Waals surface area contributed by atoms with E-state index in [-0.39, 0.29) is 30.2 Å². The standard InChI is InChI=1S/C27H28N4O3/c1-15-18-9-6-5-8-17(18)12-30-13-20-24(25(15)30)27(34)23-19(26(20)33)10-7-11-21(23)31(14-22(28)32)16(2)29(3)4/h5-11,13,15-16H,12,14H2,1-4H3,(H2,28,32). The Kier molecular flexibility index (Phi) is 5.17. The minimum Gasteiger partial charge on any atom is -0.368 e. The summed E-state index contributed by atoms with van der Waals surface area (Å²) in [6.45, 7) is 4.57. The number of nitrogens with two attached hydrogens (primary N) is 1. The van der Waals surface area contributed by atoms with Gasteiger partial charge in [-0.15, -0.1) is 0 Å². The first kappa shape index (κ1) is 22.1. The van der Waals surface area contributed by atoms with Crippen molar-refractivity contribution in [2.45, 2.75) is 32.5 Å². The van der Waals surface area contributed by atoms with E-state index >= 15 is 0 Å². The maximum Gasteiger partial charge on any atom is 0.237 e. The van der Waals surface area contributed by atoms with Crippen LogP contribution in [-0.4, -0.2) is 53.7 Å². The molecule has 2 aromatic carbocycles. The second-order valence-electron chi connectivity index (χ2n) is 9.40. The molecule has 1 aliphatic carbocycles. The number of anilines is 1. The lowest BCUT2D eigenvalue weighted by Gasteiger charge is -2.36. The van der Waals surface area contributed by atoms with Crippen LogP contribution in [0.2, 0.25) is 0 Å². The first-order chi connectivity index (χ1) is 16.2. The molecule has 0 spiro atoms. The second-order valence-corrected chi connectivity index (χ2v) is 9.40. The molecule has 0 radical (unpaired) electrons. The molecule has 2 heterocycles. The molecule has 1 aromatic heterocycles. The first-order valence-corrected chi connectivity index (χ1v) is 11.4. The monoisotopic (exact) mass is 456 g/mol. The molecule has 0 bridgehead atoms. The topological polar surface area (TPSA) is 88.6 Å². The number of fused-ring (bicyclic) bond motifs is 5. The Morgan fingerprint density at radius 2 is 1.79 bits per heavy atom. The van der Waals surface area contributed by atoms with Crippen molar-refractivity contribution in [2.75, 3.05) is 25.5 Å². The Morgan fingerprint density at radius 1 is 1.06 bits per heavy atom. The summed E-state index contributed by atoms with van der Waals surface area (Å²) in [4.78, 5) is 43.5. The van der Waals surface area contributed by atoms with Crippen molar-refractivity contribution in [1.82, 2.24) is 9.47 Å². The lowest BCUT2D eigenvalue weighted by Crippen LogP contribution is -2.47. The predicted molar refractivity (Wildman–Crippen MR) is 130 cm³/mol. The largest absolute Gasteiger partial charge is 0.368 e. The molecule has 5 rings (SSSR count). The lowest BCUT2D eigenvalue weighted by molar-refractivity contribution is -0.116. The van der Waals surface area contributed by atoms with Crippen LogP contribution >= 0.6 is 0 Å². The Balaban J connectivity index is 1.69. The van der Waals surface area contributed by atoms with Crippen LogP contribution < -0.4 is 10.6 Å². The maximum absolute atomic E-state index is 14.1. The Morgan fingerprint density at radius 3 is 2.50 bits per heavy atom. The van der Waals surface area contributed by atoms with E-state index in [4.69, 9.17) is 5.73 Å². The second kappa shape index (κ2) is 7.95. The summed E-state index contributed by atoms with van der Waals surface area (Å²) in [5, 5.41) is 0. The SMILES string of the molecule is CC1c2ccccc2Cn2cc3c(c21)C(=O)c1c(cccc1N(CC(N)=O)C(C)N(C)C)C3=O. The molecule has 34 heavy (non-hydrogen) atoms. The zero-order chi connectivity index (χ0) is 24.3. The van der Waals surface area contributed by atoms with Crippen molar-refractivity contribution in [3.05, 3.63) is 87.7 Å². The van der Waals surface area contributed by atoms with Crippen molar-refractivity contribution in [2.24, 2.45) is 5.73 Å². The number of benzene rings is 2. The van der Waals surface area contributed by atoms with Crippen LogP contribution in [0.5, 0.6) is 0 Å². The van der Waals surface area contributed by atoms with Gasteiger partial charge >= 0.3 is 0 Å². The fourth-order valence-corrected chi connectivity index (χ4v) is 5.35. The van der Waals surface area contributed by atoms with Crippen LogP contribution in [-0.2, 0) is 11.3 Å². The molecular formula is C27H28N4O3. The molecule has 174 valence electrons. The minimum absolute atomic E-state index is 0.0263. The van der Waals surface area contributed by atoms with Crippen LogP contribution in [0.4, 0.5) is 5.69 Å². The summed E-state index contributed by atoms with van der Waals surface area (Å²) in [6.07, 6.45) is 1.60. The number of carbonyl (C=O) groups is 3. The normalized spacial score (nSPS) is 17.0. The van der Waals surface area contributed by atoms with Crippen LogP contribution in [0.3, 0.4) is 0 Å². The molecule has 2 N–H and O–H groups in total. The van der Waals surface area contributed by atoms with E-state index in [1.165, 1.54) is 11.1 Å². The number of hydrogen-bond donors (Lipinski definition) is 1. The summed E-state index contributed by atoms with van der Waals surface area (Å²) in [6, 6.07) is 13.4. The van der Waals surface area contributed by atoms with Crippen LogP contribution in [0.25, 0.3) is 0 Å². The third-order valence-electron chi connectivity index (χ3n) is 7.21. The van der Waals surface area contributed by atoms with Gasteiger partial charge in [-0.05, 0) is 38.2 Å². The van der Waals surface area contributed by atoms with Gasteiger partial charge in [0.2, 0.25) is 5.91 Å². The Hall–Kier alpha value is -3.71. The van der Waals surface area contributed by atoms with E-state index in [9.17, 15) is 14.4 Å². The lowest BCUT2D eigenvalue weighted by atomic mass is 9.80. The Bertz CT molecular complexity index is 1350. The number of rotatable bonds is 5. The molecule has 2 unspecified atom stereocenters. The molecule has 0 saturated heterocycles. The molecular weight excluding hydrogens is 428 g/mol. The third kappa shape index (κ3) is 3.19. The summed E-state index contributed by atoms with van der Waals surface area (Å²) in [5.74, 6) is -0.878. The van der Waals surface area contributed by atoms with E-state index in [1.54, 1.807) is 23.1 Å². The molecule has 0 fully saturated rings. The molecule has 7 nitrogen and oxygen atoms in total. The minimum atomic E-state index is -0.506. The summed E-state index contributed by atoms with van der Waals surface area (Å²) >= 11 is 0. The van der Waals surface area contributed by atoms with Gasteiger partial charge in [0, 0.05) is 29.9 Å². The van der Waals surface area contributed by atoms with Gasteiger partial charge in [-0.3, -0.25) is 19.3 Å². The molecule has 1 aliphatic heterocycles. The van der Waals surface area contributed by atoms with Gasteiger partial charge in [-0.1, -0.05) is 43.3 Å². The highest BCUT2D eigenvalue weighted by atomic mass is 16.1. The zero-order valence-electron chi connectivity index (χ0n) is 19.8. The van der Waals surface area contributed by atoms with Gasteiger partial charge in [0.05, 0.1) is 35.1 Å². The summed E-state index contributed by atoms with van der Waals surface area (Å²) < 4.78 is 2.04. The van der Waals surface area contributed by atoms with Gasteiger partial charge in [0.25, 0.3) is 0 Å². The third-order valence-corrected chi connectivity index (χ3v) is 7.21. The van der Waals surface area contributed by atoms with Gasteiger partial charge in [0.15, 0.2) is 11.6 Å². The van der Waals surface area contributed by atoms with E-state index in [1.807, 2.05) is 48.8 Å². The van der Waals surface area contributed by atoms with Gasteiger partial charge in [0.1, 0.15) is 0 Å². The highest BCUT2D eigenvalue weighted by Crippen LogP contribution is 2.42. The van der Waals surface area contributed by atoms with Gasteiger partial charge in [-0.2, -0.15) is 0 Å². The fourth-order valence-electron chi connectivity index (χ4n) is 5.35. The molecule has 7 heteroatoms. The van der Waals surface area contributed by atoms with Crippen LogP contribution in [0, 0.1) is 0 Å². The average molecular weight is 457 g/mol. The number of amides is 1. The number of primary amides is 1. The van der Waals surface area contributed by atoms with Gasteiger partial charge in [-0.25, -0.2) is 0 Å². The molecule has 0 saturated carbocycles. The van der Waals surface area contributed by atoms with E-state index in [0.29, 0.717) is 34.5 Å². The summed E-state index contributed by atoms with van der Waals surface area (Å²) in [7, 11) is 3.78. The highest BCUT2D eigenvalue weighted by molar-refractivity contribution is 6.31. The van der Waals surface area contributed by atoms with E-state index < -0.39 is 5.91 Å². The Labute approximate surface area is 198 Å². The van der Waals surface area contributed by atoms with Gasteiger partial charge < -0.3 is 15.2 Å². The van der Waals surface area contributed by atoms with E-state index in [2.05, 4.69) is 19.1 Å². The number of carbonyl (C=O) groups excluding carboxylic acids is 3. The molecule has 2 aliphatic rings. The fraction of sp³-hybridized carbons (Fsp3) is 0.296. The smallest absolute Gasteiger partial charge is 0.237 e. The average Bonchev–Trinajstić information content (AvgIpc) is 3.20. The van der Waals surface area contributed by atoms with Crippen molar-refractivity contribution in [1.29, 1.82) is 0 Å². The molecule has 1 amide bonds. The highest BCUT2D eigenvalue weighted by Gasteiger charge is 2.40. The predicted octanol–water partition coefficient (Wildman–Crippen LogP) is 2.98. The number of nitrogens with zero attached hydrogens (tertiary/aromatic N) is 3. The number of hydrogen-bond acceptors (Lipinski definition) is 5. The first-order valence-electron chi connectivity index (χ1n) is 11.4. The number of ketones is 2.